The molecule has 0 aliphatic rings. The topological polar surface area (TPSA) is 58.4 Å². The van der Waals surface area contributed by atoms with Crippen LogP contribution in [0.5, 0.6) is 0 Å². The van der Waals surface area contributed by atoms with Gasteiger partial charge in [-0.1, -0.05) is 6.07 Å². The molecule has 130 valence electrons. The molecule has 7 heteroatoms. The first-order valence-electron chi connectivity index (χ1n) is 8.10. The number of halogens is 1. The summed E-state index contributed by atoms with van der Waals surface area (Å²) in [5.74, 6) is 0.686. The molecule has 0 bridgehead atoms. The average Bonchev–Trinajstić information content (AvgIpc) is 3.06. The smallest absolute Gasteiger partial charge is 0.181 e. The monoisotopic (exact) mass is 408 g/mol. The van der Waals surface area contributed by atoms with Crippen LogP contribution in [0.15, 0.2) is 65.8 Å². The Morgan fingerprint density at radius 3 is 2.77 bits per heavy atom. The van der Waals surface area contributed by atoms with Crippen LogP contribution in [0.3, 0.4) is 0 Å². The molecule has 3 aromatic heterocycles. The maximum atomic E-state index is 4.57. The fourth-order valence-corrected chi connectivity index (χ4v) is 3.15. The number of hydrogen-bond acceptors (Lipinski definition) is 5. The van der Waals surface area contributed by atoms with Crippen molar-refractivity contribution in [3.8, 4) is 11.3 Å². The molecule has 3 heterocycles. The first kappa shape index (κ1) is 16.5. The quantitative estimate of drug-likeness (QED) is 0.543. The Balaban J connectivity index is 1.79. The van der Waals surface area contributed by atoms with Crippen molar-refractivity contribution in [3.05, 3.63) is 65.8 Å². The van der Waals surface area contributed by atoms with Crippen LogP contribution in [0.25, 0.3) is 16.9 Å². The third kappa shape index (κ3) is 3.13. The van der Waals surface area contributed by atoms with Crippen LogP contribution in [0.1, 0.15) is 0 Å². The number of hydrogen-bond donors (Lipinski definition) is 1. The van der Waals surface area contributed by atoms with Gasteiger partial charge in [0.2, 0.25) is 0 Å². The number of benzene rings is 1. The van der Waals surface area contributed by atoms with Crippen LogP contribution in [0, 0.1) is 0 Å². The van der Waals surface area contributed by atoms with E-state index in [1.807, 2.05) is 61.4 Å². The molecule has 6 nitrogen and oxygen atoms in total. The molecule has 4 aromatic rings. The summed E-state index contributed by atoms with van der Waals surface area (Å²) in [6, 6.07) is 12.1. The first-order valence-corrected chi connectivity index (χ1v) is 8.89. The van der Waals surface area contributed by atoms with Crippen LogP contribution < -0.4 is 10.2 Å². The third-order valence-corrected chi connectivity index (χ3v) is 4.43. The highest BCUT2D eigenvalue weighted by Crippen LogP contribution is 2.28. The predicted molar refractivity (Wildman–Crippen MR) is 108 cm³/mol. The number of aromatic nitrogens is 4. The number of rotatable bonds is 4. The number of imidazole rings is 1. The molecular formula is C19H17BrN6. The second-order valence-electron chi connectivity index (χ2n) is 6.06. The van der Waals surface area contributed by atoms with E-state index in [-0.39, 0.29) is 0 Å². The molecule has 0 aliphatic heterocycles. The number of fused-ring (bicyclic) bond motifs is 1. The lowest BCUT2D eigenvalue weighted by Gasteiger charge is -2.14. The minimum absolute atomic E-state index is 0.686. The summed E-state index contributed by atoms with van der Waals surface area (Å²) in [4.78, 5) is 15.4. The molecule has 0 fully saturated rings. The highest BCUT2D eigenvalue weighted by molar-refractivity contribution is 9.10. The second kappa shape index (κ2) is 6.76. The van der Waals surface area contributed by atoms with Gasteiger partial charge in [-0.3, -0.25) is 9.38 Å². The number of nitrogens with one attached hydrogen (secondary N) is 1. The fraction of sp³-hybridized carbons (Fsp3) is 0.105. The summed E-state index contributed by atoms with van der Waals surface area (Å²) in [5.41, 5.74) is 4.78. The van der Waals surface area contributed by atoms with Crippen LogP contribution in [-0.2, 0) is 0 Å². The van der Waals surface area contributed by atoms with E-state index in [0.29, 0.717) is 5.82 Å². The van der Waals surface area contributed by atoms with Gasteiger partial charge in [0.05, 0.1) is 11.9 Å². The molecule has 0 saturated carbocycles. The van der Waals surface area contributed by atoms with E-state index in [1.54, 1.807) is 6.20 Å². The van der Waals surface area contributed by atoms with E-state index in [4.69, 9.17) is 0 Å². The summed E-state index contributed by atoms with van der Waals surface area (Å²) >= 11 is 3.50. The Hall–Kier alpha value is -2.93. The largest absolute Gasteiger partial charge is 0.378 e. The van der Waals surface area contributed by atoms with Crippen LogP contribution in [-0.4, -0.2) is 33.4 Å². The van der Waals surface area contributed by atoms with Crippen LogP contribution in [0.2, 0.25) is 0 Å². The van der Waals surface area contributed by atoms with Gasteiger partial charge in [-0.05, 0) is 46.3 Å². The normalized spacial score (nSPS) is 10.9. The molecule has 4 rings (SSSR count). The van der Waals surface area contributed by atoms with E-state index in [1.165, 1.54) is 0 Å². The molecule has 1 N–H and O–H groups in total. The minimum atomic E-state index is 0.686. The van der Waals surface area contributed by atoms with Crippen molar-refractivity contribution in [1.29, 1.82) is 0 Å². The zero-order valence-corrected chi connectivity index (χ0v) is 16.0. The van der Waals surface area contributed by atoms with Crippen molar-refractivity contribution in [2.45, 2.75) is 0 Å². The van der Waals surface area contributed by atoms with Gasteiger partial charge in [0, 0.05) is 49.6 Å². The lowest BCUT2D eigenvalue weighted by atomic mass is 10.2. The zero-order chi connectivity index (χ0) is 18.1. The standard InChI is InChI=1S/C19H17BrN6/c1-25(2)15-7-3-6-14(9-15)23-18-19-22-11-16(13-5-4-8-21-10-13)26(19)12-17(20)24-18/h3-12H,1-2H3,(H,23,24). The zero-order valence-electron chi connectivity index (χ0n) is 14.4. The molecule has 0 atom stereocenters. The van der Waals surface area contributed by atoms with Gasteiger partial charge in [0.15, 0.2) is 11.5 Å². The summed E-state index contributed by atoms with van der Waals surface area (Å²) in [6.45, 7) is 0. The SMILES string of the molecule is CN(C)c1cccc(Nc2nc(Br)cn3c(-c4cccnc4)cnc23)c1. The number of nitrogens with zero attached hydrogens (tertiary/aromatic N) is 5. The maximum absolute atomic E-state index is 4.57. The molecule has 0 radical (unpaired) electrons. The molecule has 0 amide bonds. The van der Waals surface area contributed by atoms with E-state index < -0.39 is 0 Å². The summed E-state index contributed by atoms with van der Waals surface area (Å²) in [5, 5.41) is 3.38. The van der Waals surface area contributed by atoms with Crippen molar-refractivity contribution in [2.24, 2.45) is 0 Å². The predicted octanol–water partition coefficient (Wildman–Crippen LogP) is 4.36. The van der Waals surface area contributed by atoms with Gasteiger partial charge < -0.3 is 10.2 Å². The Labute approximate surface area is 159 Å². The molecular weight excluding hydrogens is 392 g/mol. The van der Waals surface area contributed by atoms with Crippen molar-refractivity contribution >= 4 is 38.8 Å². The van der Waals surface area contributed by atoms with Gasteiger partial charge in [0.1, 0.15) is 4.60 Å². The van der Waals surface area contributed by atoms with Crippen molar-refractivity contribution in [3.63, 3.8) is 0 Å². The van der Waals surface area contributed by atoms with Crippen LogP contribution in [0.4, 0.5) is 17.2 Å². The molecule has 0 unspecified atom stereocenters. The number of pyridine rings is 1. The minimum Gasteiger partial charge on any atom is -0.378 e. The van der Waals surface area contributed by atoms with Crippen molar-refractivity contribution in [2.75, 3.05) is 24.3 Å². The van der Waals surface area contributed by atoms with E-state index in [9.17, 15) is 0 Å². The Kier molecular flexibility index (Phi) is 4.30. The maximum Gasteiger partial charge on any atom is 0.181 e. The van der Waals surface area contributed by atoms with Gasteiger partial charge in [-0.2, -0.15) is 0 Å². The lowest BCUT2D eigenvalue weighted by Crippen LogP contribution is -2.08. The molecule has 0 saturated heterocycles. The first-order chi connectivity index (χ1) is 12.6. The van der Waals surface area contributed by atoms with E-state index >= 15 is 0 Å². The third-order valence-electron chi connectivity index (χ3n) is 4.05. The molecule has 0 aliphatic carbocycles. The Morgan fingerprint density at radius 1 is 1.12 bits per heavy atom. The van der Waals surface area contributed by atoms with Gasteiger partial charge in [-0.25, -0.2) is 9.97 Å². The summed E-state index contributed by atoms with van der Waals surface area (Å²) in [7, 11) is 4.03. The van der Waals surface area contributed by atoms with Gasteiger partial charge in [-0.15, -0.1) is 0 Å². The van der Waals surface area contributed by atoms with Crippen molar-refractivity contribution < 1.29 is 0 Å². The number of anilines is 3. The summed E-state index contributed by atoms with van der Waals surface area (Å²) < 4.78 is 2.73. The van der Waals surface area contributed by atoms with E-state index in [2.05, 4.69) is 53.2 Å². The molecule has 0 spiro atoms. The highest BCUT2D eigenvalue weighted by Gasteiger charge is 2.13. The Bertz CT molecular complexity index is 1060. The van der Waals surface area contributed by atoms with Crippen LogP contribution >= 0.6 is 15.9 Å². The molecule has 1 aromatic carbocycles. The Morgan fingerprint density at radius 2 is 2.00 bits per heavy atom. The summed E-state index contributed by atoms with van der Waals surface area (Å²) in [6.07, 6.45) is 7.33. The molecule has 26 heavy (non-hydrogen) atoms. The second-order valence-corrected chi connectivity index (χ2v) is 6.87. The van der Waals surface area contributed by atoms with Gasteiger partial charge in [0.25, 0.3) is 0 Å². The van der Waals surface area contributed by atoms with Crippen molar-refractivity contribution in [1.82, 2.24) is 19.4 Å². The fourth-order valence-electron chi connectivity index (χ4n) is 2.77. The highest BCUT2D eigenvalue weighted by atomic mass is 79.9. The lowest BCUT2D eigenvalue weighted by molar-refractivity contribution is 1.10. The average molecular weight is 409 g/mol. The van der Waals surface area contributed by atoms with E-state index in [0.717, 1.165) is 32.9 Å². The van der Waals surface area contributed by atoms with Gasteiger partial charge >= 0.3 is 0 Å².